The predicted octanol–water partition coefficient (Wildman–Crippen LogP) is 5.77. The lowest BCUT2D eigenvalue weighted by atomic mass is 9.89. The number of carbonyl (C=O) groups excluding carboxylic acids is 3. The quantitative estimate of drug-likeness (QED) is 0.236. The molecule has 0 bridgehead atoms. The minimum absolute atomic E-state index is 0.227. The first-order valence-corrected chi connectivity index (χ1v) is 14.5. The third kappa shape index (κ3) is 4.57. The smallest absolute Gasteiger partial charge is 0.332 e. The lowest BCUT2D eigenvalue weighted by Crippen LogP contribution is -2.44. The van der Waals surface area contributed by atoms with Crippen molar-refractivity contribution in [3.63, 3.8) is 0 Å². The summed E-state index contributed by atoms with van der Waals surface area (Å²) in [6.07, 6.45) is 0.911. The van der Waals surface area contributed by atoms with Crippen LogP contribution in [0.25, 0.3) is 10.9 Å². The number of aromatic nitrogens is 1. The average molecular weight is 589 g/mol. The molecule has 3 heterocycles. The number of methoxy groups -OCH3 is 1. The third-order valence-electron chi connectivity index (χ3n) is 8.48. The van der Waals surface area contributed by atoms with Crippen LogP contribution in [-0.2, 0) is 17.6 Å². The molecule has 4 aromatic carbocycles. The first kappa shape index (κ1) is 27.4. The molecule has 44 heavy (non-hydrogen) atoms. The van der Waals surface area contributed by atoms with Crippen molar-refractivity contribution in [3.05, 3.63) is 131 Å². The molecule has 9 heteroatoms. The van der Waals surface area contributed by atoms with Gasteiger partial charge in [-0.15, -0.1) is 0 Å². The number of halogens is 1. The van der Waals surface area contributed by atoms with Crippen LogP contribution in [0.2, 0.25) is 0 Å². The second-order valence-corrected chi connectivity index (χ2v) is 11.0. The molecule has 1 aromatic heterocycles. The molecule has 2 N–H and O–H groups in total. The molecule has 4 amide bonds. The molecule has 7 rings (SSSR count). The molecule has 0 saturated carbocycles. The number of urea groups is 1. The zero-order valence-electron chi connectivity index (χ0n) is 23.9. The zero-order valence-corrected chi connectivity index (χ0v) is 23.9. The number of aromatic amines is 1. The summed E-state index contributed by atoms with van der Waals surface area (Å²) >= 11 is 0. The zero-order chi connectivity index (χ0) is 30.4. The maximum atomic E-state index is 14.3. The Kier molecular flexibility index (Phi) is 6.85. The van der Waals surface area contributed by atoms with Crippen molar-refractivity contribution in [2.24, 2.45) is 0 Å². The van der Waals surface area contributed by atoms with E-state index in [1.54, 1.807) is 48.4 Å². The van der Waals surface area contributed by atoms with E-state index < -0.39 is 29.8 Å². The number of hydrogen-bond donors (Lipinski definition) is 2. The van der Waals surface area contributed by atoms with Crippen LogP contribution in [-0.4, -0.2) is 47.4 Å². The molecule has 8 nitrogen and oxygen atoms in total. The molecular formula is C35H29FN4O4. The van der Waals surface area contributed by atoms with Gasteiger partial charge in [-0.1, -0.05) is 54.6 Å². The molecule has 1 saturated heterocycles. The van der Waals surface area contributed by atoms with Crippen LogP contribution in [0, 0.1) is 5.82 Å². The summed E-state index contributed by atoms with van der Waals surface area (Å²) in [7, 11) is 1.61. The number of nitrogens with one attached hydrogen (secondary N) is 2. The second-order valence-electron chi connectivity index (χ2n) is 11.0. The summed E-state index contributed by atoms with van der Waals surface area (Å²) in [6, 6.07) is 26.1. The molecule has 1 fully saturated rings. The number of benzene rings is 4. The van der Waals surface area contributed by atoms with E-state index in [1.807, 2.05) is 48.5 Å². The highest BCUT2D eigenvalue weighted by molar-refractivity contribution is 6.24. The first-order valence-electron chi connectivity index (χ1n) is 14.5. The van der Waals surface area contributed by atoms with Gasteiger partial charge in [-0.25, -0.2) is 14.1 Å². The van der Waals surface area contributed by atoms with Gasteiger partial charge in [0, 0.05) is 29.6 Å². The van der Waals surface area contributed by atoms with E-state index in [0.29, 0.717) is 24.9 Å². The second kappa shape index (κ2) is 11.0. The van der Waals surface area contributed by atoms with E-state index in [0.717, 1.165) is 38.4 Å². The molecule has 0 spiro atoms. The molecular weight excluding hydrogens is 559 g/mol. The molecule has 2 aliphatic rings. The van der Waals surface area contributed by atoms with Crippen LogP contribution >= 0.6 is 0 Å². The highest BCUT2D eigenvalue weighted by atomic mass is 19.1. The van der Waals surface area contributed by atoms with Gasteiger partial charge in [0.15, 0.2) is 0 Å². The fourth-order valence-corrected chi connectivity index (χ4v) is 6.36. The average Bonchev–Trinajstić information content (AvgIpc) is 3.54. The van der Waals surface area contributed by atoms with Crippen LogP contribution in [0.15, 0.2) is 97.1 Å². The van der Waals surface area contributed by atoms with Gasteiger partial charge in [-0.3, -0.25) is 14.5 Å². The number of carbonyl (C=O) groups is 3. The minimum Gasteiger partial charge on any atom is -0.497 e. The molecule has 2 aliphatic heterocycles. The van der Waals surface area contributed by atoms with E-state index in [1.165, 1.54) is 12.1 Å². The van der Waals surface area contributed by atoms with Gasteiger partial charge in [0.05, 0.1) is 18.4 Å². The molecule has 2 unspecified atom stereocenters. The SMILES string of the molecule is COc1ccc(CCNC(=O)c2ccccc2N2C(=O)C3Cc4c([nH]c5ccccc45)C(c4ccc(F)cc4)N3C2=O)cc1. The minimum atomic E-state index is -0.796. The number of rotatable bonds is 7. The van der Waals surface area contributed by atoms with Crippen molar-refractivity contribution in [2.75, 3.05) is 18.6 Å². The summed E-state index contributed by atoms with van der Waals surface area (Å²) < 4.78 is 19.2. The summed E-state index contributed by atoms with van der Waals surface area (Å²) in [5.74, 6) is -0.428. The Bertz CT molecular complexity index is 1900. The van der Waals surface area contributed by atoms with Crippen LogP contribution in [0.3, 0.4) is 0 Å². The Morgan fingerprint density at radius 3 is 2.45 bits per heavy atom. The van der Waals surface area contributed by atoms with Gasteiger partial charge >= 0.3 is 6.03 Å². The number of H-pyrrole nitrogens is 1. The van der Waals surface area contributed by atoms with E-state index in [9.17, 15) is 18.8 Å². The Morgan fingerprint density at radius 2 is 1.68 bits per heavy atom. The van der Waals surface area contributed by atoms with E-state index in [-0.39, 0.29) is 17.2 Å². The van der Waals surface area contributed by atoms with Crippen molar-refractivity contribution in [3.8, 4) is 5.75 Å². The number of hydrogen-bond acceptors (Lipinski definition) is 4. The van der Waals surface area contributed by atoms with Gasteiger partial charge < -0.3 is 15.0 Å². The number of fused-ring (bicyclic) bond motifs is 4. The van der Waals surface area contributed by atoms with Crippen LogP contribution in [0.5, 0.6) is 5.75 Å². The molecule has 5 aromatic rings. The summed E-state index contributed by atoms with van der Waals surface area (Å²) in [6.45, 7) is 0.366. The lowest BCUT2D eigenvalue weighted by Gasteiger charge is -2.36. The normalized spacial score (nSPS) is 17.5. The standard InChI is InChI=1S/C35H29FN4O4/c1-44-24-16-10-21(11-17-24)18-19-37-33(41)26-7-3-5-9-29(26)40-34(42)30-20-27-25-6-2-4-8-28(25)38-31(27)32(39(30)35(40)43)22-12-14-23(36)15-13-22/h2-17,30,32,38H,18-20H2,1H3,(H,37,41). The third-order valence-corrected chi connectivity index (χ3v) is 8.48. The number of imide groups is 1. The largest absolute Gasteiger partial charge is 0.497 e. The summed E-state index contributed by atoms with van der Waals surface area (Å²) in [5.41, 5.74) is 4.81. The molecule has 2 atom stereocenters. The van der Waals surface area contributed by atoms with E-state index >= 15 is 0 Å². The topological polar surface area (TPSA) is 94.7 Å². The van der Waals surface area contributed by atoms with E-state index in [2.05, 4.69) is 10.3 Å². The van der Waals surface area contributed by atoms with Gasteiger partial charge in [0.1, 0.15) is 23.7 Å². The van der Waals surface area contributed by atoms with Crippen LogP contribution < -0.4 is 15.0 Å². The Balaban J connectivity index is 1.21. The summed E-state index contributed by atoms with van der Waals surface area (Å²) in [4.78, 5) is 47.9. The van der Waals surface area contributed by atoms with Crippen LogP contribution in [0.4, 0.5) is 14.9 Å². The van der Waals surface area contributed by atoms with Gasteiger partial charge in [0.25, 0.3) is 11.8 Å². The first-order chi connectivity index (χ1) is 21.4. The van der Waals surface area contributed by atoms with Crippen molar-refractivity contribution in [2.45, 2.75) is 24.9 Å². The van der Waals surface area contributed by atoms with Gasteiger partial charge in [0.2, 0.25) is 0 Å². The predicted molar refractivity (Wildman–Crippen MR) is 164 cm³/mol. The van der Waals surface area contributed by atoms with Crippen molar-refractivity contribution < 1.29 is 23.5 Å². The molecule has 220 valence electrons. The number of ether oxygens (including phenoxy) is 1. The lowest BCUT2D eigenvalue weighted by molar-refractivity contribution is -0.120. The maximum absolute atomic E-state index is 14.3. The van der Waals surface area contributed by atoms with Gasteiger partial charge in [-0.05, 0) is 65.6 Å². The summed E-state index contributed by atoms with van der Waals surface area (Å²) in [5, 5.41) is 3.91. The Hall–Kier alpha value is -5.44. The number of para-hydroxylation sites is 2. The Morgan fingerprint density at radius 1 is 0.955 bits per heavy atom. The maximum Gasteiger partial charge on any atom is 0.332 e. The van der Waals surface area contributed by atoms with Crippen molar-refractivity contribution in [1.29, 1.82) is 0 Å². The van der Waals surface area contributed by atoms with Gasteiger partial charge in [-0.2, -0.15) is 0 Å². The highest BCUT2D eigenvalue weighted by Gasteiger charge is 2.53. The van der Waals surface area contributed by atoms with Crippen molar-refractivity contribution >= 4 is 34.4 Å². The highest BCUT2D eigenvalue weighted by Crippen LogP contribution is 2.45. The fourth-order valence-electron chi connectivity index (χ4n) is 6.36. The number of nitrogens with zero attached hydrogens (tertiary/aromatic N) is 2. The number of anilines is 1. The monoisotopic (exact) mass is 588 g/mol. The van der Waals surface area contributed by atoms with Crippen LogP contribution in [0.1, 0.15) is 38.8 Å². The Labute approximate surface area is 253 Å². The molecule has 0 aliphatic carbocycles. The molecule has 0 radical (unpaired) electrons. The van der Waals surface area contributed by atoms with E-state index in [4.69, 9.17) is 4.74 Å². The fraction of sp³-hybridized carbons (Fsp3) is 0.171. The van der Waals surface area contributed by atoms with Crippen molar-refractivity contribution in [1.82, 2.24) is 15.2 Å². The number of amides is 4.